The number of unbranched alkanes of at least 4 members (excludes halogenated alkanes) is 4. The molecule has 1 aliphatic heterocycles. The van der Waals surface area contributed by atoms with Crippen LogP contribution in [0.3, 0.4) is 0 Å². The number of hydrogen-bond acceptors (Lipinski definition) is 6. The van der Waals surface area contributed by atoms with Crippen LogP contribution in [0.1, 0.15) is 82.4 Å². The Bertz CT molecular complexity index is 1350. The first-order chi connectivity index (χ1) is 20.5. The summed E-state index contributed by atoms with van der Waals surface area (Å²) >= 11 is 1.24. The Morgan fingerprint density at radius 3 is 2.49 bits per heavy atom. The minimum absolute atomic E-state index is 0.177. The van der Waals surface area contributed by atoms with Gasteiger partial charge in [-0.3, -0.25) is 4.90 Å². The van der Waals surface area contributed by atoms with Crippen molar-refractivity contribution in [2.45, 2.75) is 90.1 Å². The fourth-order valence-electron chi connectivity index (χ4n) is 5.29. The molecule has 1 saturated heterocycles. The summed E-state index contributed by atoms with van der Waals surface area (Å²) in [6.45, 7) is 8.12. The molecule has 234 valence electrons. The maximum atomic E-state index is 14.1. The molecule has 43 heavy (non-hydrogen) atoms. The van der Waals surface area contributed by atoms with Crippen LogP contribution in [0.2, 0.25) is 0 Å². The smallest absolute Gasteiger partial charge is 0.419 e. The van der Waals surface area contributed by atoms with Crippen LogP contribution in [0, 0.1) is 0 Å². The number of carbonyl (C=O) groups excluding carboxylic acids is 1. The number of benzene rings is 2. The molecule has 10 heteroatoms. The molecule has 1 atom stereocenters. The van der Waals surface area contributed by atoms with Gasteiger partial charge in [0.1, 0.15) is 22.0 Å². The Morgan fingerprint density at radius 2 is 1.77 bits per heavy atom. The van der Waals surface area contributed by atoms with E-state index in [1.165, 1.54) is 27.9 Å². The molecule has 0 radical (unpaired) electrons. The quantitative estimate of drug-likeness (QED) is 0.179. The molecule has 3 aromatic rings. The lowest BCUT2D eigenvalue weighted by atomic mass is 10.0. The van der Waals surface area contributed by atoms with Crippen LogP contribution < -0.4 is 4.74 Å². The van der Waals surface area contributed by atoms with Crippen LogP contribution in [-0.2, 0) is 27.6 Å². The lowest BCUT2D eigenvalue weighted by Gasteiger charge is -2.37. The van der Waals surface area contributed by atoms with E-state index in [4.69, 9.17) is 14.2 Å². The number of aromatic nitrogens is 1. The number of rotatable bonds is 13. The van der Waals surface area contributed by atoms with E-state index in [1.54, 1.807) is 26.1 Å². The van der Waals surface area contributed by atoms with Gasteiger partial charge in [-0.2, -0.15) is 13.2 Å². The normalized spacial score (nSPS) is 18.2. The third kappa shape index (κ3) is 8.09. The molecule has 4 rings (SSSR count). The fraction of sp³-hybridized carbons (Fsp3) is 0.515. The second-order valence-corrected chi connectivity index (χ2v) is 12.6. The second kappa shape index (κ2) is 14.1. The van der Waals surface area contributed by atoms with Crippen molar-refractivity contribution in [2.24, 2.45) is 0 Å². The van der Waals surface area contributed by atoms with Crippen molar-refractivity contribution in [3.63, 3.8) is 0 Å². The van der Waals surface area contributed by atoms with Crippen molar-refractivity contribution in [3.8, 4) is 16.2 Å². The molecule has 0 spiro atoms. The maximum absolute atomic E-state index is 14.1. The first-order valence-electron chi connectivity index (χ1n) is 14.9. The molecular formula is C33H41F3N2O4S. The SMILES string of the molecule is CCCCOC(=O)N1C(C)(C)OCC1(C)c1ncc(-c2ccc(OCCCCCCc3ccccc3)c(C(F)(F)F)c2)s1. The molecule has 1 fully saturated rings. The summed E-state index contributed by atoms with van der Waals surface area (Å²) in [5.41, 5.74) is -1.02. The molecule has 2 aromatic carbocycles. The van der Waals surface area contributed by atoms with Crippen LogP contribution in [0.25, 0.3) is 10.4 Å². The number of hydrogen-bond donors (Lipinski definition) is 0. The van der Waals surface area contributed by atoms with Crippen LogP contribution in [0.4, 0.5) is 18.0 Å². The number of carbonyl (C=O) groups is 1. The van der Waals surface area contributed by atoms with E-state index in [0.29, 0.717) is 28.5 Å². The first kappa shape index (κ1) is 32.8. The molecule has 1 unspecified atom stereocenters. The highest BCUT2D eigenvalue weighted by Crippen LogP contribution is 2.46. The summed E-state index contributed by atoms with van der Waals surface area (Å²) in [6.07, 6.45) is 2.67. The van der Waals surface area contributed by atoms with Gasteiger partial charge in [0.2, 0.25) is 0 Å². The number of alkyl halides is 3. The number of halogens is 3. The Balaban J connectivity index is 1.42. The fourth-order valence-corrected chi connectivity index (χ4v) is 6.32. The Labute approximate surface area is 256 Å². The third-order valence-electron chi connectivity index (χ3n) is 7.64. The second-order valence-electron chi connectivity index (χ2n) is 11.5. The molecule has 0 N–H and O–H groups in total. The van der Waals surface area contributed by atoms with Crippen molar-refractivity contribution < 1.29 is 32.2 Å². The lowest BCUT2D eigenvalue weighted by Crippen LogP contribution is -2.52. The monoisotopic (exact) mass is 618 g/mol. The zero-order valence-electron chi connectivity index (χ0n) is 25.3. The molecule has 0 saturated carbocycles. The summed E-state index contributed by atoms with van der Waals surface area (Å²) in [5, 5.41) is 0.557. The van der Waals surface area contributed by atoms with Crippen LogP contribution in [-0.4, -0.2) is 41.5 Å². The molecule has 1 amide bonds. The van der Waals surface area contributed by atoms with E-state index in [2.05, 4.69) is 17.1 Å². The van der Waals surface area contributed by atoms with Gasteiger partial charge < -0.3 is 14.2 Å². The molecule has 6 nitrogen and oxygen atoms in total. The van der Waals surface area contributed by atoms with Gasteiger partial charge in [0.15, 0.2) is 0 Å². The highest BCUT2D eigenvalue weighted by Gasteiger charge is 2.55. The molecular weight excluding hydrogens is 577 g/mol. The summed E-state index contributed by atoms with van der Waals surface area (Å²) < 4.78 is 59.3. The van der Waals surface area contributed by atoms with Gasteiger partial charge in [-0.25, -0.2) is 9.78 Å². The molecule has 0 aliphatic carbocycles. The van der Waals surface area contributed by atoms with E-state index in [9.17, 15) is 18.0 Å². The molecule has 0 bridgehead atoms. The predicted molar refractivity (Wildman–Crippen MR) is 162 cm³/mol. The summed E-state index contributed by atoms with van der Waals surface area (Å²) in [4.78, 5) is 19.7. The standard InChI is InChI=1S/C33H41F3N2O4S/c1-5-6-19-41-30(39)38-31(2,3)42-23-32(38,4)29-37-22-28(43-29)25-17-18-27(26(21-25)33(34,35)36)40-20-13-8-7-10-14-24-15-11-9-12-16-24/h9,11-12,15-18,21-22H,5-8,10,13-14,19-20,23H2,1-4H3. The highest BCUT2D eigenvalue weighted by atomic mass is 32.1. The predicted octanol–water partition coefficient (Wildman–Crippen LogP) is 9.23. The highest BCUT2D eigenvalue weighted by molar-refractivity contribution is 7.15. The van der Waals surface area contributed by atoms with E-state index in [-0.39, 0.29) is 19.0 Å². The Morgan fingerprint density at radius 1 is 1.02 bits per heavy atom. The topological polar surface area (TPSA) is 60.9 Å². The molecule has 2 heterocycles. The van der Waals surface area contributed by atoms with Gasteiger partial charge in [-0.15, -0.1) is 11.3 Å². The van der Waals surface area contributed by atoms with Crippen molar-refractivity contribution in [1.29, 1.82) is 0 Å². The summed E-state index contributed by atoms with van der Waals surface area (Å²) in [7, 11) is 0. The van der Waals surface area contributed by atoms with Gasteiger partial charge in [0, 0.05) is 6.20 Å². The zero-order chi connectivity index (χ0) is 31.1. The lowest BCUT2D eigenvalue weighted by molar-refractivity contribution is -0.138. The van der Waals surface area contributed by atoms with Crippen LogP contribution >= 0.6 is 11.3 Å². The van der Waals surface area contributed by atoms with E-state index in [1.807, 2.05) is 32.0 Å². The summed E-state index contributed by atoms with van der Waals surface area (Å²) in [5.74, 6) is -0.177. The van der Waals surface area contributed by atoms with Gasteiger partial charge >= 0.3 is 12.3 Å². The van der Waals surface area contributed by atoms with Crippen LogP contribution in [0.5, 0.6) is 5.75 Å². The van der Waals surface area contributed by atoms with Gasteiger partial charge in [-0.1, -0.05) is 56.5 Å². The minimum Gasteiger partial charge on any atom is -0.493 e. The van der Waals surface area contributed by atoms with Crippen molar-refractivity contribution in [3.05, 3.63) is 70.9 Å². The van der Waals surface area contributed by atoms with Crippen molar-refractivity contribution in [2.75, 3.05) is 19.8 Å². The van der Waals surface area contributed by atoms with Gasteiger partial charge in [0.25, 0.3) is 0 Å². The zero-order valence-corrected chi connectivity index (χ0v) is 26.2. The number of ether oxygens (including phenoxy) is 3. The maximum Gasteiger partial charge on any atom is 0.419 e. The number of nitrogens with zero attached hydrogens (tertiary/aromatic N) is 2. The average Bonchev–Trinajstić information content (AvgIpc) is 3.56. The number of thiazole rings is 1. The first-order valence-corrected chi connectivity index (χ1v) is 15.7. The Hall–Kier alpha value is -3.11. The van der Waals surface area contributed by atoms with E-state index in [0.717, 1.165) is 44.6 Å². The van der Waals surface area contributed by atoms with E-state index < -0.39 is 29.1 Å². The minimum atomic E-state index is -4.58. The average molecular weight is 619 g/mol. The Kier molecular flexibility index (Phi) is 10.8. The molecule has 1 aromatic heterocycles. The largest absolute Gasteiger partial charge is 0.493 e. The van der Waals surface area contributed by atoms with Gasteiger partial charge in [0.05, 0.1) is 30.3 Å². The summed E-state index contributed by atoms with van der Waals surface area (Å²) in [6, 6.07) is 14.4. The van der Waals surface area contributed by atoms with Crippen LogP contribution in [0.15, 0.2) is 54.7 Å². The number of aryl methyl sites for hydroxylation is 1. The third-order valence-corrected chi connectivity index (χ3v) is 8.94. The van der Waals surface area contributed by atoms with E-state index >= 15 is 0 Å². The molecule has 1 aliphatic rings. The van der Waals surface area contributed by atoms with Gasteiger partial charge in [-0.05, 0) is 75.8 Å². The van der Waals surface area contributed by atoms with Crippen molar-refractivity contribution >= 4 is 17.4 Å². The number of amides is 1. The van der Waals surface area contributed by atoms with Crippen molar-refractivity contribution in [1.82, 2.24) is 9.88 Å².